The first kappa shape index (κ1) is 19.4. The Morgan fingerprint density at radius 3 is 2.14 bits per heavy atom. The van der Waals surface area contributed by atoms with Gasteiger partial charge in [-0.05, 0) is 55.6 Å². The van der Waals surface area contributed by atoms with Crippen LogP contribution in [0.5, 0.6) is 5.75 Å². The van der Waals surface area contributed by atoms with Crippen molar-refractivity contribution in [1.82, 2.24) is 4.90 Å². The van der Waals surface area contributed by atoms with Gasteiger partial charge in [0, 0.05) is 35.3 Å². The van der Waals surface area contributed by atoms with Gasteiger partial charge in [-0.3, -0.25) is 9.59 Å². The lowest BCUT2D eigenvalue weighted by Crippen LogP contribution is -2.30. The summed E-state index contributed by atoms with van der Waals surface area (Å²) in [6.45, 7) is 5.24. The standard InChI is InChI=1S/C23H24N2O3/c1-4-25(5-2)23(27)16-10-12-17(13-11-16)24-22(26)20-14-15-21(28-3)19-9-7-6-8-18(19)20/h6-15H,4-5H2,1-3H3,(H,24,26). The molecule has 0 bridgehead atoms. The Balaban J connectivity index is 1.82. The third-order valence-electron chi connectivity index (χ3n) is 4.79. The minimum Gasteiger partial charge on any atom is -0.496 e. The zero-order valence-corrected chi connectivity index (χ0v) is 16.4. The molecule has 0 aliphatic rings. The summed E-state index contributed by atoms with van der Waals surface area (Å²) in [6.07, 6.45) is 0. The van der Waals surface area contributed by atoms with E-state index in [2.05, 4.69) is 5.32 Å². The fourth-order valence-electron chi connectivity index (χ4n) is 3.24. The van der Waals surface area contributed by atoms with Crippen LogP contribution in [0.1, 0.15) is 34.6 Å². The summed E-state index contributed by atoms with van der Waals surface area (Å²) in [5.41, 5.74) is 1.82. The molecule has 0 radical (unpaired) electrons. The maximum atomic E-state index is 12.8. The number of hydrogen-bond acceptors (Lipinski definition) is 3. The number of ether oxygens (including phenoxy) is 1. The van der Waals surface area contributed by atoms with Gasteiger partial charge in [0.1, 0.15) is 5.75 Å². The third-order valence-corrected chi connectivity index (χ3v) is 4.79. The number of nitrogens with zero attached hydrogens (tertiary/aromatic N) is 1. The molecule has 3 aromatic carbocycles. The molecule has 0 aromatic heterocycles. The number of methoxy groups -OCH3 is 1. The van der Waals surface area contributed by atoms with Gasteiger partial charge in [-0.15, -0.1) is 0 Å². The van der Waals surface area contributed by atoms with Crippen LogP contribution in [-0.2, 0) is 0 Å². The number of carbonyl (C=O) groups is 2. The van der Waals surface area contributed by atoms with Gasteiger partial charge >= 0.3 is 0 Å². The number of hydrogen-bond donors (Lipinski definition) is 1. The van der Waals surface area contributed by atoms with E-state index in [9.17, 15) is 9.59 Å². The van der Waals surface area contributed by atoms with E-state index in [4.69, 9.17) is 4.74 Å². The zero-order chi connectivity index (χ0) is 20.1. The Morgan fingerprint density at radius 1 is 0.893 bits per heavy atom. The molecule has 1 N–H and O–H groups in total. The minimum absolute atomic E-state index is 0.0102. The first-order valence-electron chi connectivity index (χ1n) is 9.35. The van der Waals surface area contributed by atoms with Crippen LogP contribution in [0, 0.1) is 0 Å². The molecule has 0 aliphatic heterocycles. The van der Waals surface area contributed by atoms with Crippen LogP contribution in [0.15, 0.2) is 60.7 Å². The van der Waals surface area contributed by atoms with Crippen molar-refractivity contribution in [1.29, 1.82) is 0 Å². The topological polar surface area (TPSA) is 58.6 Å². The number of rotatable bonds is 6. The maximum Gasteiger partial charge on any atom is 0.256 e. The van der Waals surface area contributed by atoms with Gasteiger partial charge < -0.3 is 15.0 Å². The molecule has 3 rings (SSSR count). The SMILES string of the molecule is CCN(CC)C(=O)c1ccc(NC(=O)c2ccc(OC)c3ccccc23)cc1. The van der Waals surface area contributed by atoms with Gasteiger partial charge in [0.2, 0.25) is 0 Å². The molecule has 0 fully saturated rings. The van der Waals surface area contributed by atoms with Crippen LogP contribution in [0.4, 0.5) is 5.69 Å². The van der Waals surface area contributed by atoms with Gasteiger partial charge in [-0.2, -0.15) is 0 Å². The minimum atomic E-state index is -0.207. The van der Waals surface area contributed by atoms with E-state index in [0.717, 1.165) is 16.5 Å². The lowest BCUT2D eigenvalue weighted by Gasteiger charge is -2.18. The van der Waals surface area contributed by atoms with E-state index in [-0.39, 0.29) is 11.8 Å². The van der Waals surface area contributed by atoms with Gasteiger partial charge in [-0.1, -0.05) is 24.3 Å². The quantitative estimate of drug-likeness (QED) is 0.685. The summed E-state index contributed by atoms with van der Waals surface area (Å²) in [4.78, 5) is 27.0. The van der Waals surface area contributed by atoms with Crippen molar-refractivity contribution in [2.75, 3.05) is 25.5 Å². The normalized spacial score (nSPS) is 10.5. The van der Waals surface area contributed by atoms with Gasteiger partial charge in [0.25, 0.3) is 11.8 Å². The second kappa shape index (κ2) is 8.57. The first-order chi connectivity index (χ1) is 13.6. The predicted molar refractivity (Wildman–Crippen MR) is 112 cm³/mol. The number of anilines is 1. The highest BCUT2D eigenvalue weighted by atomic mass is 16.5. The summed E-state index contributed by atoms with van der Waals surface area (Å²) in [6, 6.07) is 18.2. The lowest BCUT2D eigenvalue weighted by atomic mass is 10.0. The Kier molecular flexibility index (Phi) is 5.94. The average Bonchev–Trinajstić information content (AvgIpc) is 2.74. The summed E-state index contributed by atoms with van der Waals surface area (Å²) in [7, 11) is 1.61. The smallest absolute Gasteiger partial charge is 0.256 e. The van der Waals surface area contributed by atoms with E-state index in [1.807, 2.05) is 38.1 Å². The van der Waals surface area contributed by atoms with Crippen molar-refractivity contribution in [3.05, 3.63) is 71.8 Å². The molecular weight excluding hydrogens is 352 g/mol. The largest absolute Gasteiger partial charge is 0.496 e. The van der Waals surface area contributed by atoms with Gasteiger partial charge in [0.15, 0.2) is 0 Å². The molecule has 0 saturated carbocycles. The molecule has 0 heterocycles. The van der Waals surface area contributed by atoms with Crippen LogP contribution in [-0.4, -0.2) is 36.9 Å². The molecule has 0 atom stereocenters. The highest BCUT2D eigenvalue weighted by molar-refractivity contribution is 6.14. The van der Waals surface area contributed by atoms with Crippen molar-refractivity contribution in [3.63, 3.8) is 0 Å². The Labute approximate surface area is 164 Å². The van der Waals surface area contributed by atoms with Gasteiger partial charge in [0.05, 0.1) is 7.11 Å². The number of carbonyl (C=O) groups excluding carboxylic acids is 2. The maximum absolute atomic E-state index is 12.8. The number of fused-ring (bicyclic) bond motifs is 1. The van der Waals surface area contributed by atoms with Crippen molar-refractivity contribution >= 4 is 28.3 Å². The summed E-state index contributed by atoms with van der Waals surface area (Å²) in [5, 5.41) is 4.62. The molecule has 5 heteroatoms. The van der Waals surface area contributed by atoms with E-state index in [1.165, 1.54) is 0 Å². The molecular formula is C23H24N2O3. The molecule has 3 aromatic rings. The molecule has 144 valence electrons. The summed E-state index contributed by atoms with van der Waals surface area (Å²) < 4.78 is 5.39. The van der Waals surface area contributed by atoms with Crippen LogP contribution < -0.4 is 10.1 Å². The average molecular weight is 376 g/mol. The molecule has 28 heavy (non-hydrogen) atoms. The Hall–Kier alpha value is -3.34. The van der Waals surface area contributed by atoms with Gasteiger partial charge in [-0.25, -0.2) is 0 Å². The predicted octanol–water partition coefficient (Wildman–Crippen LogP) is 4.58. The molecule has 5 nitrogen and oxygen atoms in total. The Bertz CT molecular complexity index is 992. The molecule has 0 saturated heterocycles. The van der Waals surface area contributed by atoms with Crippen molar-refractivity contribution in [3.8, 4) is 5.75 Å². The first-order valence-corrected chi connectivity index (χ1v) is 9.35. The highest BCUT2D eigenvalue weighted by Gasteiger charge is 2.15. The Morgan fingerprint density at radius 2 is 1.54 bits per heavy atom. The number of amides is 2. The van der Waals surface area contributed by atoms with E-state index < -0.39 is 0 Å². The van der Waals surface area contributed by atoms with E-state index >= 15 is 0 Å². The zero-order valence-electron chi connectivity index (χ0n) is 16.4. The van der Waals surface area contributed by atoms with Crippen LogP contribution in [0.3, 0.4) is 0 Å². The molecule has 0 spiro atoms. The monoisotopic (exact) mass is 376 g/mol. The molecule has 0 unspecified atom stereocenters. The highest BCUT2D eigenvalue weighted by Crippen LogP contribution is 2.28. The second-order valence-electron chi connectivity index (χ2n) is 6.37. The fourth-order valence-corrected chi connectivity index (χ4v) is 3.24. The van der Waals surface area contributed by atoms with Crippen LogP contribution >= 0.6 is 0 Å². The summed E-state index contributed by atoms with van der Waals surface area (Å²) in [5.74, 6) is 0.511. The van der Waals surface area contributed by atoms with Crippen molar-refractivity contribution < 1.29 is 14.3 Å². The molecule has 0 aliphatic carbocycles. The van der Waals surface area contributed by atoms with E-state index in [1.54, 1.807) is 48.4 Å². The van der Waals surface area contributed by atoms with Crippen LogP contribution in [0.2, 0.25) is 0 Å². The number of benzene rings is 3. The lowest BCUT2D eigenvalue weighted by molar-refractivity contribution is 0.0773. The van der Waals surface area contributed by atoms with E-state index in [0.29, 0.717) is 29.9 Å². The summed E-state index contributed by atoms with van der Waals surface area (Å²) >= 11 is 0. The second-order valence-corrected chi connectivity index (χ2v) is 6.37. The third kappa shape index (κ3) is 3.83. The van der Waals surface area contributed by atoms with Crippen LogP contribution in [0.25, 0.3) is 10.8 Å². The van der Waals surface area contributed by atoms with Crippen molar-refractivity contribution in [2.45, 2.75) is 13.8 Å². The fraction of sp³-hybridized carbons (Fsp3) is 0.217. The van der Waals surface area contributed by atoms with Crippen molar-refractivity contribution in [2.24, 2.45) is 0 Å². The number of nitrogens with one attached hydrogen (secondary N) is 1. The molecule has 2 amide bonds.